The summed E-state index contributed by atoms with van der Waals surface area (Å²) in [5.74, 6) is 1.77. The molecule has 4 heterocycles. The molecule has 0 aliphatic heterocycles. The van der Waals surface area contributed by atoms with E-state index in [0.29, 0.717) is 17.6 Å². The van der Waals surface area contributed by atoms with E-state index < -0.39 is 0 Å². The number of aromatic nitrogens is 6. The number of hydrogen-bond donors (Lipinski definition) is 0. The number of rotatable bonds is 6. The molecule has 294 valence electrons. The van der Waals surface area contributed by atoms with Gasteiger partial charge in [0, 0.05) is 54.8 Å². The standard InChI is InChI=1S/C57H36N6/c1-3-16-37(17-4-1)38-30-32-39(33-31-38)55-58-56(60-57(59-55)63-49-27-12-7-22-43(49)44-23-8-13-28-50(44)63)40-18-15-21-42(36-40)61-51-29-14-10-25-47(51)53-52(61)35-34-46-45-24-9-11-26-48(45)62(54(46)53)41-19-5-2-6-20-41/h1-36H. The van der Waals surface area contributed by atoms with E-state index in [0.717, 1.165) is 66.5 Å². The number of fused-ring (bicyclic) bond motifs is 10. The van der Waals surface area contributed by atoms with Crippen molar-refractivity contribution >= 4 is 65.4 Å². The lowest BCUT2D eigenvalue weighted by atomic mass is 10.0. The van der Waals surface area contributed by atoms with Gasteiger partial charge in [0.25, 0.3) is 0 Å². The van der Waals surface area contributed by atoms with Crippen LogP contribution in [0, 0.1) is 0 Å². The van der Waals surface area contributed by atoms with Crippen LogP contribution in [-0.4, -0.2) is 28.7 Å². The highest BCUT2D eigenvalue weighted by atomic mass is 15.2. The first-order valence-electron chi connectivity index (χ1n) is 21.3. The Labute approximate surface area is 362 Å². The minimum Gasteiger partial charge on any atom is -0.309 e. The van der Waals surface area contributed by atoms with Crippen LogP contribution < -0.4 is 0 Å². The van der Waals surface area contributed by atoms with Crippen LogP contribution in [0.25, 0.3) is 117 Å². The van der Waals surface area contributed by atoms with Crippen LogP contribution in [0.5, 0.6) is 0 Å². The fraction of sp³-hybridized carbons (Fsp3) is 0. The second-order valence-electron chi connectivity index (χ2n) is 16.0. The molecule has 0 aliphatic rings. The highest BCUT2D eigenvalue weighted by molar-refractivity contribution is 6.26. The summed E-state index contributed by atoms with van der Waals surface area (Å²) in [6, 6.07) is 77.3. The number of benzene rings is 9. The average Bonchev–Trinajstić information content (AvgIpc) is 4.00. The highest BCUT2D eigenvalue weighted by Crippen LogP contribution is 2.42. The van der Waals surface area contributed by atoms with Gasteiger partial charge >= 0.3 is 0 Å². The summed E-state index contributed by atoms with van der Waals surface area (Å²) in [6.45, 7) is 0. The van der Waals surface area contributed by atoms with Crippen molar-refractivity contribution in [1.82, 2.24) is 28.7 Å². The summed E-state index contributed by atoms with van der Waals surface area (Å²) in [7, 11) is 0. The molecular formula is C57H36N6. The molecule has 0 aliphatic carbocycles. The van der Waals surface area contributed by atoms with Crippen molar-refractivity contribution in [3.05, 3.63) is 218 Å². The number of hydrogen-bond acceptors (Lipinski definition) is 3. The third-order valence-corrected chi connectivity index (χ3v) is 12.5. The molecule has 6 nitrogen and oxygen atoms in total. The molecule has 0 atom stereocenters. The molecule has 0 fully saturated rings. The first kappa shape index (κ1) is 35.2. The van der Waals surface area contributed by atoms with Gasteiger partial charge in [-0.25, -0.2) is 4.98 Å². The van der Waals surface area contributed by atoms with Crippen LogP contribution in [-0.2, 0) is 0 Å². The Kier molecular flexibility index (Phi) is 7.80. The maximum atomic E-state index is 5.32. The van der Waals surface area contributed by atoms with Crippen molar-refractivity contribution < 1.29 is 0 Å². The fourth-order valence-electron chi connectivity index (χ4n) is 9.72. The molecule has 0 saturated heterocycles. The Hall–Kier alpha value is -8.61. The molecule has 9 aromatic carbocycles. The molecule has 6 heteroatoms. The lowest BCUT2D eigenvalue weighted by molar-refractivity contribution is 0.953. The quantitative estimate of drug-likeness (QED) is 0.168. The molecule has 4 aromatic heterocycles. The minimum absolute atomic E-state index is 0.568. The first-order valence-corrected chi connectivity index (χ1v) is 21.3. The zero-order valence-electron chi connectivity index (χ0n) is 34.0. The van der Waals surface area contributed by atoms with Gasteiger partial charge in [-0.05, 0) is 65.7 Å². The van der Waals surface area contributed by atoms with Crippen LogP contribution >= 0.6 is 0 Å². The van der Waals surface area contributed by atoms with E-state index in [4.69, 9.17) is 15.0 Å². The van der Waals surface area contributed by atoms with Gasteiger partial charge in [-0.3, -0.25) is 4.57 Å². The second kappa shape index (κ2) is 14.0. The van der Waals surface area contributed by atoms with Gasteiger partial charge in [0.15, 0.2) is 11.6 Å². The summed E-state index contributed by atoms with van der Waals surface area (Å²) in [4.78, 5) is 15.8. The van der Waals surface area contributed by atoms with Crippen molar-refractivity contribution in [3.8, 4) is 51.2 Å². The normalized spacial score (nSPS) is 11.8. The summed E-state index contributed by atoms with van der Waals surface area (Å²) < 4.78 is 6.99. The molecule has 0 radical (unpaired) electrons. The van der Waals surface area contributed by atoms with Gasteiger partial charge in [0.1, 0.15) is 0 Å². The van der Waals surface area contributed by atoms with Gasteiger partial charge in [-0.15, -0.1) is 0 Å². The largest absolute Gasteiger partial charge is 0.309 e. The van der Waals surface area contributed by atoms with Gasteiger partial charge in [0.2, 0.25) is 5.95 Å². The predicted molar refractivity (Wildman–Crippen MR) is 259 cm³/mol. The minimum atomic E-state index is 0.568. The van der Waals surface area contributed by atoms with Gasteiger partial charge in [-0.2, -0.15) is 9.97 Å². The zero-order valence-corrected chi connectivity index (χ0v) is 34.0. The van der Waals surface area contributed by atoms with E-state index in [1.54, 1.807) is 0 Å². The van der Waals surface area contributed by atoms with E-state index in [2.05, 4.69) is 226 Å². The molecule has 0 spiro atoms. The molecule has 63 heavy (non-hydrogen) atoms. The van der Waals surface area contributed by atoms with Crippen LogP contribution in [0.4, 0.5) is 0 Å². The maximum Gasteiger partial charge on any atom is 0.238 e. The summed E-state index contributed by atoms with van der Waals surface area (Å²) in [6.07, 6.45) is 0. The van der Waals surface area contributed by atoms with Crippen molar-refractivity contribution in [2.45, 2.75) is 0 Å². The Morgan fingerprint density at radius 3 is 1.41 bits per heavy atom. The molecule has 0 saturated carbocycles. The SMILES string of the molecule is c1ccc(-c2ccc(-c3nc(-c4cccc(-n5c6ccccc6c6c5ccc5c7ccccc7n(-c7ccccc7)c56)c4)nc(-n4c5ccccc5c5ccccc54)n3)cc2)cc1. The maximum absolute atomic E-state index is 5.32. The zero-order chi connectivity index (χ0) is 41.4. The van der Waals surface area contributed by atoms with Crippen LogP contribution in [0.15, 0.2) is 218 Å². The van der Waals surface area contributed by atoms with E-state index in [1.807, 2.05) is 6.07 Å². The van der Waals surface area contributed by atoms with Crippen LogP contribution in [0.1, 0.15) is 0 Å². The molecule has 0 unspecified atom stereocenters. The van der Waals surface area contributed by atoms with Crippen LogP contribution in [0.3, 0.4) is 0 Å². The molecule has 0 bridgehead atoms. The lowest BCUT2D eigenvalue weighted by Crippen LogP contribution is -2.06. The van der Waals surface area contributed by atoms with Gasteiger partial charge in [0.05, 0.1) is 33.1 Å². The third-order valence-electron chi connectivity index (χ3n) is 12.5. The fourth-order valence-corrected chi connectivity index (χ4v) is 9.72. The molecule has 0 N–H and O–H groups in total. The summed E-state index contributed by atoms with van der Waals surface area (Å²) >= 11 is 0. The molecule has 13 rings (SSSR count). The number of para-hydroxylation sites is 5. The van der Waals surface area contributed by atoms with E-state index in [1.165, 1.54) is 32.6 Å². The van der Waals surface area contributed by atoms with Gasteiger partial charge < -0.3 is 9.13 Å². The Morgan fingerprint density at radius 1 is 0.270 bits per heavy atom. The van der Waals surface area contributed by atoms with E-state index >= 15 is 0 Å². The monoisotopic (exact) mass is 804 g/mol. The highest BCUT2D eigenvalue weighted by Gasteiger charge is 2.22. The van der Waals surface area contributed by atoms with Crippen molar-refractivity contribution in [2.24, 2.45) is 0 Å². The smallest absolute Gasteiger partial charge is 0.238 e. The first-order chi connectivity index (χ1) is 31.3. The molecule has 0 amide bonds. The average molecular weight is 805 g/mol. The molecule has 13 aromatic rings. The molecular weight excluding hydrogens is 769 g/mol. The van der Waals surface area contributed by atoms with Crippen molar-refractivity contribution in [2.75, 3.05) is 0 Å². The van der Waals surface area contributed by atoms with E-state index in [9.17, 15) is 0 Å². The van der Waals surface area contributed by atoms with Crippen molar-refractivity contribution in [1.29, 1.82) is 0 Å². The summed E-state index contributed by atoms with van der Waals surface area (Å²) in [5, 5.41) is 7.17. The van der Waals surface area contributed by atoms with Crippen molar-refractivity contribution in [3.63, 3.8) is 0 Å². The Balaban J connectivity index is 1.04. The lowest BCUT2D eigenvalue weighted by Gasteiger charge is -2.13. The Morgan fingerprint density at radius 2 is 0.746 bits per heavy atom. The van der Waals surface area contributed by atoms with Crippen LogP contribution in [0.2, 0.25) is 0 Å². The third kappa shape index (κ3) is 5.48. The summed E-state index contributed by atoms with van der Waals surface area (Å²) in [5.41, 5.74) is 13.0. The van der Waals surface area contributed by atoms with Gasteiger partial charge in [-0.1, -0.05) is 164 Å². The second-order valence-corrected chi connectivity index (χ2v) is 16.0. The topological polar surface area (TPSA) is 53.5 Å². The number of nitrogens with zero attached hydrogens (tertiary/aromatic N) is 6. The Bertz CT molecular complexity index is 3840. The predicted octanol–water partition coefficient (Wildman–Crippen LogP) is 14.2. The van der Waals surface area contributed by atoms with E-state index in [-0.39, 0.29) is 0 Å².